The van der Waals surface area contributed by atoms with Crippen molar-refractivity contribution in [3.8, 4) is 11.1 Å². The largest absolute Gasteiger partial charge is 0.361 e. The van der Waals surface area contributed by atoms with Gasteiger partial charge in [0.2, 0.25) is 5.91 Å². The van der Waals surface area contributed by atoms with Crippen molar-refractivity contribution in [2.24, 2.45) is 0 Å². The zero-order chi connectivity index (χ0) is 28.4. The van der Waals surface area contributed by atoms with E-state index in [1.807, 2.05) is 25.1 Å². The van der Waals surface area contributed by atoms with Crippen LogP contribution in [0.1, 0.15) is 28.4 Å². The minimum atomic E-state index is -3.47. The van der Waals surface area contributed by atoms with E-state index in [4.69, 9.17) is 0 Å². The lowest BCUT2D eigenvalue weighted by Gasteiger charge is -2.22. The van der Waals surface area contributed by atoms with Crippen LogP contribution >= 0.6 is 0 Å². The molecule has 2 aromatic heterocycles. The van der Waals surface area contributed by atoms with Crippen LogP contribution in [-0.2, 0) is 27.5 Å². The number of amides is 1. The molecule has 40 heavy (non-hydrogen) atoms. The second-order valence-electron chi connectivity index (χ2n) is 9.88. The van der Waals surface area contributed by atoms with Gasteiger partial charge in [0.15, 0.2) is 9.84 Å². The lowest BCUT2D eigenvalue weighted by molar-refractivity contribution is -0.121. The summed E-state index contributed by atoms with van der Waals surface area (Å²) in [4.78, 5) is 21.3. The van der Waals surface area contributed by atoms with Crippen LogP contribution in [0.25, 0.3) is 22.0 Å². The highest BCUT2D eigenvalue weighted by atomic mass is 32.2. The maximum absolute atomic E-state index is 14.1. The third-order valence-electron chi connectivity index (χ3n) is 6.71. The van der Waals surface area contributed by atoms with E-state index in [-0.39, 0.29) is 23.6 Å². The average Bonchev–Trinajstić information content (AvgIpc) is 3.28. The molecule has 204 valence electrons. The molecule has 2 N–H and O–H groups in total. The number of aryl methyl sites for hydroxylation is 1. The van der Waals surface area contributed by atoms with Crippen LogP contribution < -0.4 is 5.32 Å². The summed E-state index contributed by atoms with van der Waals surface area (Å²) < 4.78 is 52.6. The topological polar surface area (TPSA) is 91.9 Å². The number of nitrogens with one attached hydrogen (secondary N) is 2. The quantitative estimate of drug-likeness (QED) is 0.249. The second-order valence-corrected chi connectivity index (χ2v) is 11.9. The van der Waals surface area contributed by atoms with Crippen molar-refractivity contribution in [1.29, 1.82) is 0 Å². The van der Waals surface area contributed by atoms with E-state index in [0.29, 0.717) is 22.4 Å². The zero-order valence-electron chi connectivity index (χ0n) is 21.9. The van der Waals surface area contributed by atoms with E-state index in [9.17, 15) is 22.0 Å². The van der Waals surface area contributed by atoms with Crippen LogP contribution in [0.15, 0.2) is 90.1 Å². The Labute approximate surface area is 231 Å². The first-order valence-corrected chi connectivity index (χ1v) is 14.5. The predicted octanol–water partition coefficient (Wildman–Crippen LogP) is 5.86. The molecule has 1 atom stereocenters. The third kappa shape index (κ3) is 6.10. The van der Waals surface area contributed by atoms with E-state index in [1.165, 1.54) is 18.2 Å². The molecule has 0 aliphatic rings. The molecule has 5 rings (SSSR count). The Balaban J connectivity index is 1.53. The highest BCUT2D eigenvalue weighted by molar-refractivity contribution is 7.90. The van der Waals surface area contributed by atoms with Gasteiger partial charge in [0.05, 0.1) is 23.1 Å². The molecule has 0 saturated heterocycles. The van der Waals surface area contributed by atoms with Crippen molar-refractivity contribution in [1.82, 2.24) is 15.3 Å². The fraction of sp³-hybridized carbons (Fsp3) is 0.161. The van der Waals surface area contributed by atoms with Crippen LogP contribution in [0.5, 0.6) is 0 Å². The molecule has 0 bridgehead atoms. The lowest BCUT2D eigenvalue weighted by atomic mass is 9.95. The Bertz CT molecular complexity index is 1810. The standard InChI is InChI=1S/C31H27F2N3O3S/c1-19-8-9-28-27(11-19)22(18-35-28)16-30(37)36-29(14-20-12-23(32)17-24(33)13-20)31-26(7-4-10-34-31)21-5-3-6-25(15-21)40(2,38)39/h3-13,15,17-18,29,35H,14,16H2,1-2H3,(H,36,37)/t29-/m0/s1. The Hall–Kier alpha value is -4.37. The number of nitrogens with zero attached hydrogens (tertiary/aromatic N) is 1. The number of rotatable bonds is 8. The number of aromatic amines is 1. The summed E-state index contributed by atoms with van der Waals surface area (Å²) in [5.41, 5.74) is 4.76. The van der Waals surface area contributed by atoms with Gasteiger partial charge in [0.25, 0.3) is 0 Å². The third-order valence-corrected chi connectivity index (χ3v) is 7.82. The van der Waals surface area contributed by atoms with Gasteiger partial charge in [-0.15, -0.1) is 0 Å². The minimum absolute atomic E-state index is 0.0587. The van der Waals surface area contributed by atoms with Gasteiger partial charge in [-0.1, -0.05) is 29.8 Å². The number of H-pyrrole nitrogens is 1. The number of hydrogen-bond acceptors (Lipinski definition) is 4. The molecule has 0 saturated carbocycles. The van der Waals surface area contributed by atoms with Gasteiger partial charge in [-0.25, -0.2) is 17.2 Å². The summed E-state index contributed by atoms with van der Waals surface area (Å²) >= 11 is 0. The molecule has 1 amide bonds. The number of benzene rings is 3. The molecular formula is C31H27F2N3O3S. The number of hydrogen-bond donors (Lipinski definition) is 2. The van der Waals surface area contributed by atoms with Crippen LogP contribution in [0.2, 0.25) is 0 Å². The summed E-state index contributed by atoms with van der Waals surface area (Å²) in [5.74, 6) is -1.75. The summed E-state index contributed by atoms with van der Waals surface area (Å²) in [5, 5.41) is 3.95. The molecule has 5 aromatic rings. The maximum Gasteiger partial charge on any atom is 0.225 e. The van der Waals surface area contributed by atoms with Gasteiger partial charge < -0.3 is 10.3 Å². The lowest BCUT2D eigenvalue weighted by Crippen LogP contribution is -2.32. The number of halogens is 2. The molecule has 6 nitrogen and oxygen atoms in total. The zero-order valence-corrected chi connectivity index (χ0v) is 22.7. The van der Waals surface area contributed by atoms with Crippen molar-refractivity contribution in [2.75, 3.05) is 6.26 Å². The Kier molecular flexibility index (Phi) is 7.49. The van der Waals surface area contributed by atoms with Crippen LogP contribution in [-0.4, -0.2) is 30.5 Å². The van der Waals surface area contributed by atoms with Gasteiger partial charge in [0.1, 0.15) is 11.6 Å². The predicted molar refractivity (Wildman–Crippen MR) is 150 cm³/mol. The number of pyridine rings is 1. The van der Waals surface area contributed by atoms with Crippen LogP contribution in [0.3, 0.4) is 0 Å². The van der Waals surface area contributed by atoms with Gasteiger partial charge in [0, 0.05) is 41.2 Å². The van der Waals surface area contributed by atoms with E-state index in [1.54, 1.807) is 42.7 Å². The van der Waals surface area contributed by atoms with Crippen molar-refractivity contribution < 1.29 is 22.0 Å². The normalized spacial score (nSPS) is 12.4. The van der Waals surface area contributed by atoms with Crippen molar-refractivity contribution in [3.05, 3.63) is 119 Å². The molecule has 0 radical (unpaired) electrons. The Morgan fingerprint density at radius 1 is 1.00 bits per heavy atom. The van der Waals surface area contributed by atoms with Crippen LogP contribution in [0.4, 0.5) is 8.78 Å². The average molecular weight is 560 g/mol. The van der Waals surface area contributed by atoms with E-state index >= 15 is 0 Å². The maximum atomic E-state index is 14.1. The first-order valence-electron chi connectivity index (χ1n) is 12.6. The first kappa shape index (κ1) is 27.2. The van der Waals surface area contributed by atoms with Crippen molar-refractivity contribution in [3.63, 3.8) is 0 Å². The summed E-state index contributed by atoms with van der Waals surface area (Å²) in [7, 11) is -3.47. The Morgan fingerprint density at radius 3 is 2.52 bits per heavy atom. The number of sulfone groups is 1. The van der Waals surface area contributed by atoms with E-state index in [2.05, 4.69) is 15.3 Å². The number of aromatic nitrogens is 2. The molecule has 3 aromatic carbocycles. The Morgan fingerprint density at radius 2 is 1.77 bits per heavy atom. The molecule has 0 aliphatic heterocycles. The van der Waals surface area contributed by atoms with Gasteiger partial charge in [-0.2, -0.15) is 0 Å². The SMILES string of the molecule is Cc1ccc2[nH]cc(CC(=O)N[C@@H](Cc3cc(F)cc(F)c3)c3ncccc3-c3cccc(S(C)(=O)=O)c3)c2c1. The first-order chi connectivity index (χ1) is 19.1. The number of carbonyl (C=O) groups is 1. The van der Waals surface area contributed by atoms with Gasteiger partial charge in [-0.3, -0.25) is 9.78 Å². The highest BCUT2D eigenvalue weighted by Gasteiger charge is 2.23. The fourth-order valence-electron chi connectivity index (χ4n) is 4.87. The smallest absolute Gasteiger partial charge is 0.225 e. The second kappa shape index (κ2) is 11.0. The number of carbonyl (C=O) groups excluding carboxylic acids is 1. The summed E-state index contributed by atoms with van der Waals surface area (Å²) in [6.07, 6.45) is 4.62. The van der Waals surface area contributed by atoms with Crippen molar-refractivity contribution >= 4 is 26.6 Å². The van der Waals surface area contributed by atoms with Gasteiger partial charge >= 0.3 is 0 Å². The monoisotopic (exact) mass is 559 g/mol. The molecule has 0 aliphatic carbocycles. The molecule has 9 heteroatoms. The van der Waals surface area contributed by atoms with Crippen LogP contribution in [0, 0.1) is 18.6 Å². The van der Waals surface area contributed by atoms with E-state index in [0.717, 1.165) is 34.4 Å². The number of fused-ring (bicyclic) bond motifs is 1. The summed E-state index contributed by atoms with van der Waals surface area (Å²) in [6.45, 7) is 1.98. The van der Waals surface area contributed by atoms with Crippen molar-refractivity contribution in [2.45, 2.75) is 30.7 Å². The highest BCUT2D eigenvalue weighted by Crippen LogP contribution is 2.31. The molecule has 2 heterocycles. The minimum Gasteiger partial charge on any atom is -0.361 e. The molecular weight excluding hydrogens is 532 g/mol. The summed E-state index contributed by atoms with van der Waals surface area (Å²) in [6, 6.07) is 18.3. The fourth-order valence-corrected chi connectivity index (χ4v) is 5.54. The molecule has 0 unspecified atom stereocenters. The molecule has 0 spiro atoms. The van der Waals surface area contributed by atoms with E-state index < -0.39 is 27.5 Å². The van der Waals surface area contributed by atoms with Gasteiger partial charge in [-0.05, 0) is 72.5 Å². The molecule has 0 fully saturated rings.